The zero-order chi connectivity index (χ0) is 7.03. The smallest absolute Gasteiger partial charge is 0.148 e. The van der Waals surface area contributed by atoms with Gasteiger partial charge < -0.3 is 9.47 Å². The van der Waals surface area contributed by atoms with E-state index < -0.39 is 0 Å². The van der Waals surface area contributed by atoms with Gasteiger partial charge in [-0.2, -0.15) is 0 Å². The molecule has 0 aromatic carbocycles. The van der Waals surface area contributed by atoms with Crippen LogP contribution >= 0.6 is 0 Å². The van der Waals surface area contributed by atoms with Gasteiger partial charge in [-0.25, -0.2) is 0 Å². The molecule has 3 nitrogen and oxygen atoms in total. The van der Waals surface area contributed by atoms with Crippen LogP contribution in [0.5, 0.6) is 0 Å². The molecule has 0 aliphatic carbocycles. The zero-order valence-corrected chi connectivity index (χ0v) is 5.76. The Labute approximate surface area is 59.3 Å². The number of ketones is 1. The Balaban J connectivity index is 2.10. The van der Waals surface area contributed by atoms with Crippen LogP contribution in [0.15, 0.2) is 0 Å². The predicted molar refractivity (Wildman–Crippen MR) is 33.7 cm³/mol. The van der Waals surface area contributed by atoms with Crippen molar-refractivity contribution in [2.75, 3.05) is 26.4 Å². The summed E-state index contributed by atoms with van der Waals surface area (Å²) in [7, 11) is 0. The lowest BCUT2D eigenvalue weighted by molar-refractivity contribution is -0.183. The van der Waals surface area contributed by atoms with Crippen LogP contribution in [0.2, 0.25) is 0 Å². The third-order valence-corrected chi connectivity index (χ3v) is 2.20. The van der Waals surface area contributed by atoms with E-state index in [0.29, 0.717) is 38.6 Å². The number of ether oxygens (including phenoxy) is 2. The minimum absolute atomic E-state index is 0.224. The molecule has 2 saturated heterocycles. The molecule has 56 valence electrons. The second-order valence-electron chi connectivity index (χ2n) is 3.00. The zero-order valence-electron chi connectivity index (χ0n) is 5.76. The van der Waals surface area contributed by atoms with Gasteiger partial charge in [0.25, 0.3) is 0 Å². The first-order valence-corrected chi connectivity index (χ1v) is 3.52. The molecule has 10 heavy (non-hydrogen) atoms. The number of hydrogen-bond donors (Lipinski definition) is 0. The molecule has 2 fully saturated rings. The Morgan fingerprint density at radius 3 is 2.30 bits per heavy atom. The van der Waals surface area contributed by atoms with Crippen LogP contribution in [0, 0.1) is 5.41 Å². The molecular weight excluding hydrogens is 132 g/mol. The molecule has 0 unspecified atom stereocenters. The Bertz CT molecular complexity index is 160. The van der Waals surface area contributed by atoms with Crippen LogP contribution in [0.4, 0.5) is 0 Å². The number of Topliss-reactive ketones (excluding diaryl/α,β-unsaturated/α-hetero) is 1. The summed E-state index contributed by atoms with van der Waals surface area (Å²) in [6, 6.07) is 0. The van der Waals surface area contributed by atoms with E-state index in [1.807, 2.05) is 0 Å². The van der Waals surface area contributed by atoms with Gasteiger partial charge in [0.15, 0.2) is 0 Å². The maximum atomic E-state index is 11.2. The Hall–Kier alpha value is -0.410. The molecule has 0 aromatic heterocycles. The van der Waals surface area contributed by atoms with E-state index in [2.05, 4.69) is 0 Å². The van der Waals surface area contributed by atoms with Crippen molar-refractivity contribution < 1.29 is 14.3 Å². The first-order valence-electron chi connectivity index (χ1n) is 3.52. The van der Waals surface area contributed by atoms with Gasteiger partial charge in [-0.05, 0) is 0 Å². The lowest BCUT2D eigenvalue weighted by atomic mass is 9.80. The summed E-state index contributed by atoms with van der Waals surface area (Å²) in [6.07, 6.45) is 0.573. The maximum absolute atomic E-state index is 11.2. The van der Waals surface area contributed by atoms with Crippen molar-refractivity contribution >= 4 is 5.78 Å². The van der Waals surface area contributed by atoms with E-state index in [9.17, 15) is 4.79 Å². The monoisotopic (exact) mass is 142 g/mol. The van der Waals surface area contributed by atoms with Gasteiger partial charge in [-0.1, -0.05) is 0 Å². The molecule has 2 aliphatic rings. The molecule has 0 saturated carbocycles. The van der Waals surface area contributed by atoms with Crippen LogP contribution in [0.1, 0.15) is 6.42 Å². The van der Waals surface area contributed by atoms with E-state index in [4.69, 9.17) is 9.47 Å². The van der Waals surface area contributed by atoms with Gasteiger partial charge in [-0.15, -0.1) is 0 Å². The van der Waals surface area contributed by atoms with Crippen LogP contribution in [0.3, 0.4) is 0 Å². The highest BCUT2D eigenvalue weighted by molar-refractivity contribution is 5.86. The highest BCUT2D eigenvalue weighted by Crippen LogP contribution is 2.32. The van der Waals surface area contributed by atoms with E-state index in [1.165, 1.54) is 0 Å². The molecule has 2 aliphatic heterocycles. The molecule has 0 aromatic rings. The van der Waals surface area contributed by atoms with Crippen molar-refractivity contribution in [3.63, 3.8) is 0 Å². The normalized spacial score (nSPS) is 30.2. The van der Waals surface area contributed by atoms with Crippen molar-refractivity contribution in [2.45, 2.75) is 6.42 Å². The lowest BCUT2D eigenvalue weighted by Crippen LogP contribution is -2.54. The van der Waals surface area contributed by atoms with Crippen LogP contribution < -0.4 is 0 Å². The van der Waals surface area contributed by atoms with Crippen molar-refractivity contribution in [1.29, 1.82) is 0 Å². The molecule has 0 N–H and O–H groups in total. The highest BCUT2D eigenvalue weighted by atomic mass is 16.5. The molecule has 0 amide bonds. The highest BCUT2D eigenvalue weighted by Gasteiger charge is 2.47. The SMILES string of the molecule is O=C1CCOCC12COC2. The summed E-state index contributed by atoms with van der Waals surface area (Å²) in [5.74, 6) is 0.324. The number of carbonyl (C=O) groups is 1. The van der Waals surface area contributed by atoms with Gasteiger partial charge in [0.2, 0.25) is 0 Å². The van der Waals surface area contributed by atoms with Crippen LogP contribution in [-0.2, 0) is 14.3 Å². The molecule has 0 atom stereocenters. The van der Waals surface area contributed by atoms with Gasteiger partial charge >= 0.3 is 0 Å². The lowest BCUT2D eigenvalue weighted by Gasteiger charge is -2.41. The number of carbonyl (C=O) groups excluding carboxylic acids is 1. The van der Waals surface area contributed by atoms with Crippen molar-refractivity contribution in [1.82, 2.24) is 0 Å². The van der Waals surface area contributed by atoms with Gasteiger partial charge in [0, 0.05) is 6.42 Å². The van der Waals surface area contributed by atoms with E-state index in [0.717, 1.165) is 0 Å². The van der Waals surface area contributed by atoms with E-state index >= 15 is 0 Å². The van der Waals surface area contributed by atoms with Crippen LogP contribution in [0.25, 0.3) is 0 Å². The first kappa shape index (κ1) is 6.31. The summed E-state index contributed by atoms with van der Waals surface area (Å²) in [5.41, 5.74) is -0.224. The molecular formula is C7H10O3. The largest absolute Gasteiger partial charge is 0.380 e. The minimum Gasteiger partial charge on any atom is -0.380 e. The second-order valence-corrected chi connectivity index (χ2v) is 3.00. The summed E-state index contributed by atoms with van der Waals surface area (Å²) < 4.78 is 10.2. The topological polar surface area (TPSA) is 35.5 Å². The average Bonchev–Trinajstić information content (AvgIpc) is 1.85. The van der Waals surface area contributed by atoms with E-state index in [-0.39, 0.29) is 5.41 Å². The second kappa shape index (κ2) is 2.04. The summed E-state index contributed by atoms with van der Waals surface area (Å²) in [6.45, 7) is 2.32. The standard InChI is InChI=1S/C7H10O3/c8-6-1-2-9-3-7(6)4-10-5-7/h1-5H2. The Kier molecular flexibility index (Phi) is 1.28. The molecule has 0 radical (unpaired) electrons. The fourth-order valence-electron chi connectivity index (χ4n) is 1.37. The first-order chi connectivity index (χ1) is 4.83. The Morgan fingerprint density at radius 2 is 1.90 bits per heavy atom. The third kappa shape index (κ3) is 0.707. The Morgan fingerprint density at radius 1 is 1.20 bits per heavy atom. The van der Waals surface area contributed by atoms with Gasteiger partial charge in [0.1, 0.15) is 5.78 Å². The molecule has 0 bridgehead atoms. The van der Waals surface area contributed by atoms with E-state index in [1.54, 1.807) is 0 Å². The third-order valence-electron chi connectivity index (χ3n) is 2.20. The van der Waals surface area contributed by atoms with Crippen LogP contribution in [-0.4, -0.2) is 32.2 Å². The molecule has 2 heterocycles. The van der Waals surface area contributed by atoms with Crippen molar-refractivity contribution in [2.24, 2.45) is 5.41 Å². The number of rotatable bonds is 0. The van der Waals surface area contributed by atoms with Gasteiger partial charge in [-0.3, -0.25) is 4.79 Å². The molecule has 2 rings (SSSR count). The average molecular weight is 142 g/mol. The summed E-state index contributed by atoms with van der Waals surface area (Å²) in [4.78, 5) is 11.2. The summed E-state index contributed by atoms with van der Waals surface area (Å²) >= 11 is 0. The molecule has 1 spiro atoms. The summed E-state index contributed by atoms with van der Waals surface area (Å²) in [5, 5.41) is 0. The minimum atomic E-state index is -0.224. The quantitative estimate of drug-likeness (QED) is 0.477. The van der Waals surface area contributed by atoms with Gasteiger partial charge in [0.05, 0.1) is 31.8 Å². The fourth-order valence-corrected chi connectivity index (χ4v) is 1.37. The molecule has 3 heteroatoms. The van der Waals surface area contributed by atoms with Crippen molar-refractivity contribution in [3.8, 4) is 0 Å². The predicted octanol–water partition coefficient (Wildman–Crippen LogP) is -0.00760. The van der Waals surface area contributed by atoms with Crippen molar-refractivity contribution in [3.05, 3.63) is 0 Å². The number of hydrogen-bond acceptors (Lipinski definition) is 3. The fraction of sp³-hybridized carbons (Fsp3) is 0.857. The maximum Gasteiger partial charge on any atom is 0.148 e.